The molecule has 6 heteroatoms. The first-order chi connectivity index (χ1) is 12.6. The van der Waals surface area contributed by atoms with Gasteiger partial charge in [-0.3, -0.25) is 9.69 Å². The summed E-state index contributed by atoms with van der Waals surface area (Å²) in [6.07, 6.45) is 3.58. The number of ether oxygens (including phenoxy) is 2. The summed E-state index contributed by atoms with van der Waals surface area (Å²) >= 11 is 0. The molecule has 2 N–H and O–H groups in total. The van der Waals surface area contributed by atoms with Gasteiger partial charge < -0.3 is 20.1 Å². The molecule has 146 valence electrons. The smallest absolute Gasteiger partial charge is 0.237 e. The van der Waals surface area contributed by atoms with Gasteiger partial charge in [0.2, 0.25) is 5.91 Å². The van der Waals surface area contributed by atoms with Crippen LogP contribution in [0.1, 0.15) is 31.7 Å². The molecule has 1 aliphatic rings. The summed E-state index contributed by atoms with van der Waals surface area (Å²) in [4.78, 5) is 14.8. The van der Waals surface area contributed by atoms with Crippen LogP contribution in [0.5, 0.6) is 11.5 Å². The van der Waals surface area contributed by atoms with Crippen molar-refractivity contribution in [1.82, 2.24) is 15.5 Å². The number of nitrogens with zero attached hydrogens (tertiary/aromatic N) is 1. The van der Waals surface area contributed by atoms with Crippen LogP contribution in [0.4, 0.5) is 0 Å². The van der Waals surface area contributed by atoms with Crippen LogP contribution in [0.15, 0.2) is 18.2 Å². The first kappa shape index (κ1) is 20.5. The van der Waals surface area contributed by atoms with Gasteiger partial charge in [-0.2, -0.15) is 0 Å². The van der Waals surface area contributed by atoms with Crippen molar-refractivity contribution in [2.75, 3.05) is 40.9 Å². The summed E-state index contributed by atoms with van der Waals surface area (Å²) in [5.41, 5.74) is 0.994. The molecule has 0 aliphatic carbocycles. The molecule has 1 fully saturated rings. The number of methoxy groups -OCH3 is 2. The van der Waals surface area contributed by atoms with Gasteiger partial charge in [0.05, 0.1) is 20.3 Å². The van der Waals surface area contributed by atoms with Gasteiger partial charge >= 0.3 is 0 Å². The Bertz CT molecular complexity index is 571. The standard InChI is InChI=1S/C20H33N3O3/c1-15(23-11-8-16(9-12-23)7-10-21-2)20(24)22-14-17-5-6-18(25-3)19(13-17)26-4/h5-6,13,15-16,21H,7-12,14H2,1-4H3,(H,22,24). The molecule has 6 nitrogen and oxygen atoms in total. The highest BCUT2D eigenvalue weighted by Gasteiger charge is 2.26. The lowest BCUT2D eigenvalue weighted by molar-refractivity contribution is -0.126. The van der Waals surface area contributed by atoms with E-state index in [-0.39, 0.29) is 11.9 Å². The third-order valence-corrected chi connectivity index (χ3v) is 5.29. The molecule has 1 aromatic carbocycles. The number of piperidine rings is 1. The second-order valence-corrected chi connectivity index (χ2v) is 6.95. The molecular formula is C20H33N3O3. The zero-order chi connectivity index (χ0) is 18.9. The summed E-state index contributed by atoms with van der Waals surface area (Å²) in [5, 5.41) is 6.26. The van der Waals surface area contributed by atoms with E-state index in [0.29, 0.717) is 18.0 Å². The van der Waals surface area contributed by atoms with Crippen molar-refractivity contribution in [1.29, 1.82) is 0 Å². The van der Waals surface area contributed by atoms with Gasteiger partial charge in [0.25, 0.3) is 0 Å². The number of amides is 1. The van der Waals surface area contributed by atoms with E-state index in [1.54, 1.807) is 14.2 Å². The summed E-state index contributed by atoms with van der Waals surface area (Å²) in [7, 11) is 5.23. The highest BCUT2D eigenvalue weighted by Crippen LogP contribution is 2.27. The van der Waals surface area contributed by atoms with Gasteiger partial charge in [-0.15, -0.1) is 0 Å². The molecule has 0 saturated carbocycles. The second-order valence-electron chi connectivity index (χ2n) is 6.95. The number of benzene rings is 1. The zero-order valence-corrected chi connectivity index (χ0v) is 16.5. The Balaban J connectivity index is 1.81. The highest BCUT2D eigenvalue weighted by molar-refractivity contribution is 5.81. The van der Waals surface area contributed by atoms with E-state index in [4.69, 9.17) is 9.47 Å². The number of carbonyl (C=O) groups is 1. The van der Waals surface area contributed by atoms with Crippen LogP contribution in [-0.2, 0) is 11.3 Å². The summed E-state index contributed by atoms with van der Waals surface area (Å²) < 4.78 is 10.6. The van der Waals surface area contributed by atoms with Gasteiger partial charge in [0.1, 0.15) is 0 Å². The predicted octanol–water partition coefficient (Wildman–Crippen LogP) is 2.03. The van der Waals surface area contributed by atoms with Gasteiger partial charge in [0, 0.05) is 6.54 Å². The third-order valence-electron chi connectivity index (χ3n) is 5.29. The van der Waals surface area contributed by atoms with Crippen LogP contribution >= 0.6 is 0 Å². The number of hydrogen-bond donors (Lipinski definition) is 2. The number of rotatable bonds is 9. The highest BCUT2D eigenvalue weighted by atomic mass is 16.5. The number of carbonyl (C=O) groups excluding carboxylic acids is 1. The monoisotopic (exact) mass is 363 g/mol. The van der Waals surface area contributed by atoms with Crippen LogP contribution in [0.25, 0.3) is 0 Å². The van der Waals surface area contributed by atoms with Gasteiger partial charge in [-0.25, -0.2) is 0 Å². The predicted molar refractivity (Wildman–Crippen MR) is 104 cm³/mol. The Labute approximate surface area is 157 Å². The minimum absolute atomic E-state index is 0.0773. The van der Waals surface area contributed by atoms with Crippen molar-refractivity contribution >= 4 is 5.91 Å². The van der Waals surface area contributed by atoms with E-state index < -0.39 is 0 Å². The van der Waals surface area contributed by atoms with Gasteiger partial charge in [-0.05, 0) is 76.5 Å². The fourth-order valence-corrected chi connectivity index (χ4v) is 3.47. The summed E-state index contributed by atoms with van der Waals surface area (Å²) in [6, 6.07) is 5.61. The minimum atomic E-state index is -0.0969. The quantitative estimate of drug-likeness (QED) is 0.703. The Kier molecular flexibility index (Phi) is 8.19. The molecule has 0 bridgehead atoms. The molecule has 0 aromatic heterocycles. The Hall–Kier alpha value is -1.79. The molecule has 0 spiro atoms. The van der Waals surface area contributed by atoms with Crippen LogP contribution in [-0.4, -0.2) is 57.8 Å². The molecule has 26 heavy (non-hydrogen) atoms. The number of nitrogens with one attached hydrogen (secondary N) is 2. The largest absolute Gasteiger partial charge is 0.493 e. The average molecular weight is 364 g/mol. The molecule has 0 radical (unpaired) electrons. The fourth-order valence-electron chi connectivity index (χ4n) is 3.47. The molecule has 1 unspecified atom stereocenters. The SMILES string of the molecule is CNCCC1CCN(C(C)C(=O)NCc2ccc(OC)c(OC)c2)CC1. The van der Waals surface area contributed by atoms with Crippen LogP contribution in [0, 0.1) is 5.92 Å². The van der Waals surface area contributed by atoms with Crippen LogP contribution < -0.4 is 20.1 Å². The maximum absolute atomic E-state index is 12.5. The van der Waals surface area contributed by atoms with Gasteiger partial charge in [-0.1, -0.05) is 6.07 Å². The van der Waals surface area contributed by atoms with Crippen LogP contribution in [0.2, 0.25) is 0 Å². The molecule has 1 heterocycles. The maximum Gasteiger partial charge on any atom is 0.237 e. The Morgan fingerprint density at radius 1 is 1.23 bits per heavy atom. The maximum atomic E-state index is 12.5. The zero-order valence-electron chi connectivity index (χ0n) is 16.5. The van der Waals surface area contributed by atoms with Crippen molar-refractivity contribution < 1.29 is 14.3 Å². The molecule has 1 aliphatic heterocycles. The van der Waals surface area contributed by atoms with Gasteiger partial charge in [0.15, 0.2) is 11.5 Å². The fraction of sp³-hybridized carbons (Fsp3) is 0.650. The number of hydrogen-bond acceptors (Lipinski definition) is 5. The van der Waals surface area contributed by atoms with E-state index in [9.17, 15) is 4.79 Å². The minimum Gasteiger partial charge on any atom is -0.493 e. The Morgan fingerprint density at radius 3 is 2.54 bits per heavy atom. The van der Waals surface area contributed by atoms with Crippen molar-refractivity contribution in [3.63, 3.8) is 0 Å². The lowest BCUT2D eigenvalue weighted by Crippen LogP contribution is -2.48. The molecule has 1 saturated heterocycles. The normalized spacial score (nSPS) is 16.9. The molecule has 1 atom stereocenters. The first-order valence-electron chi connectivity index (χ1n) is 9.46. The van der Waals surface area contributed by atoms with Crippen molar-refractivity contribution in [2.24, 2.45) is 5.92 Å². The first-order valence-corrected chi connectivity index (χ1v) is 9.46. The molecule has 2 rings (SSSR count). The van der Waals surface area contributed by atoms with Crippen LogP contribution in [0.3, 0.4) is 0 Å². The van der Waals surface area contributed by atoms with E-state index in [1.165, 1.54) is 19.3 Å². The topological polar surface area (TPSA) is 62.8 Å². The molecule has 1 aromatic rings. The lowest BCUT2D eigenvalue weighted by Gasteiger charge is -2.35. The van der Waals surface area contributed by atoms with E-state index in [1.807, 2.05) is 32.2 Å². The van der Waals surface area contributed by atoms with E-state index >= 15 is 0 Å². The van der Waals surface area contributed by atoms with E-state index in [0.717, 1.165) is 31.1 Å². The van der Waals surface area contributed by atoms with Crippen molar-refractivity contribution in [3.8, 4) is 11.5 Å². The summed E-state index contributed by atoms with van der Waals surface area (Å²) in [5.74, 6) is 2.22. The lowest BCUT2D eigenvalue weighted by atomic mass is 9.93. The summed E-state index contributed by atoms with van der Waals surface area (Å²) in [6.45, 7) is 5.56. The van der Waals surface area contributed by atoms with E-state index in [2.05, 4.69) is 15.5 Å². The molecular weight excluding hydrogens is 330 g/mol. The second kappa shape index (κ2) is 10.4. The average Bonchev–Trinajstić information content (AvgIpc) is 2.69. The van der Waals surface area contributed by atoms with Crippen molar-refractivity contribution in [2.45, 2.75) is 38.8 Å². The number of likely N-dealkylation sites (tertiary alicyclic amines) is 1. The van der Waals surface area contributed by atoms with Crippen molar-refractivity contribution in [3.05, 3.63) is 23.8 Å². The Morgan fingerprint density at radius 2 is 1.92 bits per heavy atom. The molecule has 1 amide bonds. The third kappa shape index (κ3) is 5.61.